The van der Waals surface area contributed by atoms with E-state index in [2.05, 4.69) is 4.72 Å². The first-order chi connectivity index (χ1) is 9.99. The Balaban J connectivity index is 1.79. The minimum Gasteiger partial charge on any atom is -0.477 e. The van der Waals surface area contributed by atoms with Crippen LogP contribution >= 0.6 is 11.3 Å². The van der Waals surface area contributed by atoms with Gasteiger partial charge in [-0.15, -0.1) is 11.3 Å². The first-order valence-corrected chi connectivity index (χ1v) is 9.23. The predicted octanol–water partition coefficient (Wildman–Crippen LogP) is 2.07. The second-order valence-electron chi connectivity index (χ2n) is 4.95. The highest BCUT2D eigenvalue weighted by molar-refractivity contribution is 7.91. The first-order valence-electron chi connectivity index (χ1n) is 6.93. The van der Waals surface area contributed by atoms with Crippen LogP contribution in [0.25, 0.3) is 0 Å². The van der Waals surface area contributed by atoms with Crippen molar-refractivity contribution in [2.45, 2.75) is 42.4 Å². The van der Waals surface area contributed by atoms with Gasteiger partial charge in [0.2, 0.25) is 10.0 Å². The molecule has 1 fully saturated rings. The summed E-state index contributed by atoms with van der Waals surface area (Å²) in [5.74, 6) is -1.12. The van der Waals surface area contributed by atoms with Crippen LogP contribution in [0.4, 0.5) is 0 Å². The van der Waals surface area contributed by atoms with Crippen LogP contribution < -0.4 is 4.72 Å². The Bertz CT molecular complexity index is 575. The number of rotatable bonds is 7. The Morgan fingerprint density at radius 1 is 1.33 bits per heavy atom. The zero-order valence-corrected chi connectivity index (χ0v) is 13.2. The van der Waals surface area contributed by atoms with E-state index < -0.39 is 16.0 Å². The van der Waals surface area contributed by atoms with E-state index in [-0.39, 0.29) is 21.7 Å². The number of aromatic carboxylic acids is 1. The van der Waals surface area contributed by atoms with Crippen molar-refractivity contribution < 1.29 is 23.1 Å². The summed E-state index contributed by atoms with van der Waals surface area (Å²) in [6.45, 7) is 0.528. The van der Waals surface area contributed by atoms with Crippen molar-refractivity contribution in [3.63, 3.8) is 0 Å². The minimum atomic E-state index is -3.65. The van der Waals surface area contributed by atoms with Crippen LogP contribution in [-0.2, 0) is 14.8 Å². The summed E-state index contributed by atoms with van der Waals surface area (Å²) in [4.78, 5) is 10.8. The number of thiophene rings is 1. The largest absolute Gasteiger partial charge is 0.477 e. The van der Waals surface area contributed by atoms with Crippen LogP contribution in [0.15, 0.2) is 16.3 Å². The maximum absolute atomic E-state index is 12.0. The summed E-state index contributed by atoms with van der Waals surface area (Å²) in [5.41, 5.74) is 0. The molecule has 1 aromatic rings. The maximum Gasteiger partial charge on any atom is 0.345 e. The van der Waals surface area contributed by atoms with Gasteiger partial charge in [-0.1, -0.05) is 19.3 Å². The van der Waals surface area contributed by atoms with E-state index in [1.807, 2.05) is 0 Å². The summed E-state index contributed by atoms with van der Waals surface area (Å²) >= 11 is 0.743. The number of carboxylic acid groups (broad SMARTS) is 1. The van der Waals surface area contributed by atoms with Crippen molar-refractivity contribution in [3.8, 4) is 0 Å². The van der Waals surface area contributed by atoms with Crippen molar-refractivity contribution in [2.24, 2.45) is 0 Å². The van der Waals surface area contributed by atoms with Crippen molar-refractivity contribution in [1.82, 2.24) is 4.72 Å². The monoisotopic (exact) mass is 333 g/mol. The molecule has 1 aromatic heterocycles. The lowest BCUT2D eigenvalue weighted by molar-refractivity contribution is 0.0321. The lowest BCUT2D eigenvalue weighted by atomic mass is 9.98. The number of carboxylic acids is 1. The first kappa shape index (κ1) is 16.4. The zero-order chi connectivity index (χ0) is 15.3. The average Bonchev–Trinajstić information content (AvgIpc) is 2.96. The number of sulfonamides is 1. The van der Waals surface area contributed by atoms with E-state index in [9.17, 15) is 13.2 Å². The fourth-order valence-corrected chi connectivity index (χ4v) is 4.49. The van der Waals surface area contributed by atoms with Crippen LogP contribution in [0.5, 0.6) is 0 Å². The van der Waals surface area contributed by atoms with Gasteiger partial charge >= 0.3 is 5.97 Å². The number of carbonyl (C=O) groups is 1. The topological polar surface area (TPSA) is 92.7 Å². The van der Waals surface area contributed by atoms with Gasteiger partial charge in [0.05, 0.1) is 12.7 Å². The Labute approximate surface area is 128 Å². The summed E-state index contributed by atoms with van der Waals surface area (Å²) in [7, 11) is -3.65. The van der Waals surface area contributed by atoms with Crippen LogP contribution in [0.1, 0.15) is 41.8 Å². The summed E-state index contributed by atoms with van der Waals surface area (Å²) < 4.78 is 32.0. The van der Waals surface area contributed by atoms with Gasteiger partial charge in [0, 0.05) is 6.54 Å². The standard InChI is InChI=1S/C13H19NO5S2/c15-13(16)11-6-7-12(20-11)21(17,18)14-8-9-19-10-4-2-1-3-5-10/h6-7,10,14H,1-5,8-9H2,(H,15,16). The van der Waals surface area contributed by atoms with Crippen LogP contribution in [-0.4, -0.2) is 38.7 Å². The highest BCUT2D eigenvalue weighted by Crippen LogP contribution is 2.22. The second kappa shape index (κ2) is 7.35. The normalized spacial score (nSPS) is 17.0. The molecule has 1 saturated carbocycles. The zero-order valence-electron chi connectivity index (χ0n) is 11.6. The highest BCUT2D eigenvalue weighted by atomic mass is 32.2. The SMILES string of the molecule is O=C(O)c1ccc(S(=O)(=O)NCCOC2CCCCC2)s1. The summed E-state index contributed by atoms with van der Waals surface area (Å²) in [6.07, 6.45) is 5.91. The van der Waals surface area contributed by atoms with Crippen molar-refractivity contribution in [2.75, 3.05) is 13.2 Å². The molecule has 2 N–H and O–H groups in total. The van der Waals surface area contributed by atoms with E-state index in [0.29, 0.717) is 6.61 Å². The van der Waals surface area contributed by atoms with E-state index in [1.54, 1.807) is 0 Å². The summed E-state index contributed by atoms with van der Waals surface area (Å²) in [5, 5.41) is 8.80. The molecule has 0 saturated heterocycles. The van der Waals surface area contributed by atoms with Gasteiger partial charge in [-0.3, -0.25) is 0 Å². The molecule has 0 unspecified atom stereocenters. The molecule has 0 aromatic carbocycles. The smallest absolute Gasteiger partial charge is 0.345 e. The van der Waals surface area contributed by atoms with E-state index in [0.717, 1.165) is 24.2 Å². The van der Waals surface area contributed by atoms with Gasteiger partial charge in [0.1, 0.15) is 9.09 Å². The maximum atomic E-state index is 12.0. The molecule has 0 spiro atoms. The molecule has 0 aliphatic heterocycles. The highest BCUT2D eigenvalue weighted by Gasteiger charge is 2.19. The molecule has 0 atom stereocenters. The van der Waals surface area contributed by atoms with Gasteiger partial charge < -0.3 is 9.84 Å². The molecule has 1 aliphatic carbocycles. The summed E-state index contributed by atoms with van der Waals surface area (Å²) in [6, 6.07) is 2.60. The molecule has 21 heavy (non-hydrogen) atoms. The Morgan fingerprint density at radius 3 is 2.67 bits per heavy atom. The lowest BCUT2D eigenvalue weighted by Gasteiger charge is -2.21. The van der Waals surface area contributed by atoms with E-state index in [1.165, 1.54) is 31.4 Å². The second-order valence-corrected chi connectivity index (χ2v) is 8.03. The third kappa shape index (κ3) is 4.77. The number of nitrogens with one attached hydrogen (secondary N) is 1. The van der Waals surface area contributed by atoms with Crippen LogP contribution in [0, 0.1) is 0 Å². The molecule has 1 heterocycles. The van der Waals surface area contributed by atoms with Crippen molar-refractivity contribution >= 4 is 27.3 Å². The Morgan fingerprint density at radius 2 is 2.05 bits per heavy atom. The number of hydrogen-bond acceptors (Lipinski definition) is 5. The average molecular weight is 333 g/mol. The molecule has 0 bridgehead atoms. The minimum absolute atomic E-state index is 0.00818. The molecule has 0 radical (unpaired) electrons. The van der Waals surface area contributed by atoms with Gasteiger partial charge in [0.25, 0.3) is 0 Å². The quantitative estimate of drug-likeness (QED) is 0.745. The molecule has 1 aliphatic rings. The number of hydrogen-bond donors (Lipinski definition) is 2. The van der Waals surface area contributed by atoms with Gasteiger partial charge in [-0.2, -0.15) is 0 Å². The third-order valence-corrected chi connectivity index (χ3v) is 6.38. The van der Waals surface area contributed by atoms with Gasteiger partial charge in [-0.05, 0) is 25.0 Å². The molecule has 6 nitrogen and oxygen atoms in total. The lowest BCUT2D eigenvalue weighted by Crippen LogP contribution is -2.29. The molecular weight excluding hydrogens is 314 g/mol. The van der Waals surface area contributed by atoms with Crippen LogP contribution in [0.3, 0.4) is 0 Å². The van der Waals surface area contributed by atoms with Crippen molar-refractivity contribution in [1.29, 1.82) is 0 Å². The molecule has 118 valence electrons. The van der Waals surface area contributed by atoms with Gasteiger partial charge in [0.15, 0.2) is 0 Å². The predicted molar refractivity (Wildman–Crippen MR) is 79.3 cm³/mol. The fraction of sp³-hybridized carbons (Fsp3) is 0.615. The van der Waals surface area contributed by atoms with E-state index in [4.69, 9.17) is 9.84 Å². The Kier molecular flexibility index (Phi) is 5.74. The molecule has 0 amide bonds. The molecule has 8 heteroatoms. The molecular formula is C13H19NO5S2. The third-order valence-electron chi connectivity index (χ3n) is 3.36. The molecule has 2 rings (SSSR count). The van der Waals surface area contributed by atoms with Crippen LogP contribution in [0.2, 0.25) is 0 Å². The van der Waals surface area contributed by atoms with E-state index >= 15 is 0 Å². The Hall–Kier alpha value is -0.960. The van der Waals surface area contributed by atoms with Crippen molar-refractivity contribution in [3.05, 3.63) is 17.0 Å². The number of ether oxygens (including phenoxy) is 1. The van der Waals surface area contributed by atoms with Gasteiger partial charge in [-0.25, -0.2) is 17.9 Å². The fourth-order valence-electron chi connectivity index (χ4n) is 2.28.